The van der Waals surface area contributed by atoms with Crippen LogP contribution in [-0.4, -0.2) is 54.3 Å². The first-order chi connectivity index (χ1) is 15.4. The number of esters is 1. The lowest BCUT2D eigenvalue weighted by molar-refractivity contribution is -0.154. The van der Waals surface area contributed by atoms with Crippen molar-refractivity contribution in [3.05, 3.63) is 54.2 Å². The molecule has 3 aliphatic heterocycles. The molecule has 3 fully saturated rings. The minimum absolute atomic E-state index is 0.199. The molecule has 3 amide bonds. The molecule has 4 atom stereocenters. The number of carbonyl (C=O) groups excluding carboxylic acids is 4. The van der Waals surface area contributed by atoms with Gasteiger partial charge in [0.1, 0.15) is 17.1 Å². The Morgan fingerprint density at radius 1 is 1.22 bits per heavy atom. The van der Waals surface area contributed by atoms with E-state index in [1.807, 2.05) is 0 Å². The third-order valence-electron chi connectivity index (χ3n) is 6.65. The number of methoxy groups -OCH3 is 1. The topological polar surface area (TPSA) is 109 Å². The Morgan fingerprint density at radius 2 is 1.97 bits per heavy atom. The SMILES string of the molecule is COC(=O)C[C@]12C(=O)NCCN1[C@@H](c1ccco1)[C@@H]1C(=O)N(c3ccc(F)cc3)C(=O)[C@@H]12. The van der Waals surface area contributed by atoms with Crippen molar-refractivity contribution in [1.82, 2.24) is 10.2 Å². The number of piperazine rings is 1. The van der Waals surface area contributed by atoms with E-state index in [0.717, 1.165) is 17.0 Å². The number of amides is 3. The number of furan rings is 1. The Balaban J connectivity index is 1.69. The second-order valence-electron chi connectivity index (χ2n) is 8.08. The van der Waals surface area contributed by atoms with Gasteiger partial charge in [0, 0.05) is 13.1 Å². The van der Waals surface area contributed by atoms with E-state index < -0.39 is 59.3 Å². The number of benzene rings is 1. The zero-order chi connectivity index (χ0) is 22.6. The predicted molar refractivity (Wildman–Crippen MR) is 106 cm³/mol. The molecule has 0 aliphatic carbocycles. The van der Waals surface area contributed by atoms with Gasteiger partial charge in [0.2, 0.25) is 17.7 Å². The van der Waals surface area contributed by atoms with Gasteiger partial charge in [-0.05, 0) is 36.4 Å². The summed E-state index contributed by atoms with van der Waals surface area (Å²) in [6, 6.07) is 7.58. The summed E-state index contributed by atoms with van der Waals surface area (Å²) < 4.78 is 23.9. The molecule has 1 aromatic heterocycles. The summed E-state index contributed by atoms with van der Waals surface area (Å²) in [5.41, 5.74) is -1.42. The van der Waals surface area contributed by atoms with Crippen LogP contribution in [0.1, 0.15) is 18.2 Å². The van der Waals surface area contributed by atoms with Crippen molar-refractivity contribution in [2.75, 3.05) is 25.1 Å². The zero-order valence-electron chi connectivity index (χ0n) is 17.1. The summed E-state index contributed by atoms with van der Waals surface area (Å²) in [6.07, 6.45) is 1.05. The van der Waals surface area contributed by atoms with Gasteiger partial charge in [0.05, 0.1) is 43.4 Å². The van der Waals surface area contributed by atoms with E-state index in [-0.39, 0.29) is 5.69 Å². The second kappa shape index (κ2) is 7.27. The van der Waals surface area contributed by atoms with E-state index in [1.165, 1.54) is 25.5 Å². The molecular weight excluding hydrogens is 421 g/mol. The summed E-state index contributed by atoms with van der Waals surface area (Å²) >= 11 is 0. The van der Waals surface area contributed by atoms with Crippen LogP contribution >= 0.6 is 0 Å². The number of ether oxygens (including phenoxy) is 1. The molecule has 32 heavy (non-hydrogen) atoms. The Morgan fingerprint density at radius 3 is 2.62 bits per heavy atom. The van der Waals surface area contributed by atoms with Crippen LogP contribution in [0.5, 0.6) is 0 Å². The molecule has 0 bridgehead atoms. The van der Waals surface area contributed by atoms with Gasteiger partial charge < -0.3 is 14.5 Å². The van der Waals surface area contributed by atoms with Gasteiger partial charge in [0.15, 0.2) is 0 Å². The molecule has 3 aliphatic rings. The van der Waals surface area contributed by atoms with Gasteiger partial charge in [-0.3, -0.25) is 24.1 Å². The molecule has 0 radical (unpaired) electrons. The molecule has 4 heterocycles. The van der Waals surface area contributed by atoms with Crippen LogP contribution in [0.3, 0.4) is 0 Å². The first-order valence-electron chi connectivity index (χ1n) is 10.2. The Hall–Kier alpha value is -3.53. The summed E-state index contributed by atoms with van der Waals surface area (Å²) in [4.78, 5) is 55.8. The van der Waals surface area contributed by atoms with E-state index in [2.05, 4.69) is 5.32 Å². The summed E-state index contributed by atoms with van der Waals surface area (Å²) in [7, 11) is 1.20. The average molecular weight is 441 g/mol. The fraction of sp³-hybridized carbons (Fsp3) is 0.364. The van der Waals surface area contributed by atoms with Crippen molar-refractivity contribution in [3.63, 3.8) is 0 Å². The van der Waals surface area contributed by atoms with Crippen LogP contribution in [0.25, 0.3) is 0 Å². The number of hydrogen-bond acceptors (Lipinski definition) is 7. The van der Waals surface area contributed by atoms with Gasteiger partial charge >= 0.3 is 5.97 Å². The van der Waals surface area contributed by atoms with Gasteiger partial charge in [-0.25, -0.2) is 9.29 Å². The van der Waals surface area contributed by atoms with Crippen molar-refractivity contribution in [1.29, 1.82) is 0 Å². The molecule has 10 heteroatoms. The molecule has 0 unspecified atom stereocenters. The lowest BCUT2D eigenvalue weighted by atomic mass is 9.76. The maximum Gasteiger partial charge on any atom is 0.307 e. The molecule has 1 N–H and O–H groups in total. The highest BCUT2D eigenvalue weighted by Crippen LogP contribution is 2.57. The minimum atomic E-state index is -1.62. The first kappa shape index (κ1) is 20.4. The van der Waals surface area contributed by atoms with Crippen LogP contribution in [0.4, 0.5) is 10.1 Å². The monoisotopic (exact) mass is 441 g/mol. The number of halogens is 1. The number of anilines is 1. The van der Waals surface area contributed by atoms with Crippen molar-refractivity contribution in [2.45, 2.75) is 18.0 Å². The number of nitrogens with zero attached hydrogens (tertiary/aromatic N) is 2. The average Bonchev–Trinajstić information content (AvgIpc) is 3.46. The van der Waals surface area contributed by atoms with Crippen LogP contribution in [0.2, 0.25) is 0 Å². The highest BCUT2D eigenvalue weighted by molar-refractivity contribution is 6.24. The van der Waals surface area contributed by atoms with Crippen molar-refractivity contribution >= 4 is 29.4 Å². The highest BCUT2D eigenvalue weighted by atomic mass is 19.1. The number of hydrogen-bond donors (Lipinski definition) is 1. The van der Waals surface area contributed by atoms with E-state index >= 15 is 0 Å². The lowest BCUT2D eigenvalue weighted by Crippen LogP contribution is -2.67. The molecule has 166 valence electrons. The number of nitrogens with one attached hydrogen (secondary N) is 1. The quantitative estimate of drug-likeness (QED) is 0.557. The normalized spacial score (nSPS) is 29.6. The van der Waals surface area contributed by atoms with Gasteiger partial charge in [-0.15, -0.1) is 0 Å². The van der Waals surface area contributed by atoms with Crippen LogP contribution in [-0.2, 0) is 23.9 Å². The van der Waals surface area contributed by atoms with Gasteiger partial charge in [-0.1, -0.05) is 0 Å². The molecule has 0 spiro atoms. The molecule has 2 aromatic rings. The van der Waals surface area contributed by atoms with Gasteiger partial charge in [-0.2, -0.15) is 0 Å². The standard InChI is InChI=1S/C22H20FN3O6/c1-31-15(27)11-22-17-16(19(28)26(20(17)29)13-6-4-12(23)5-7-13)18(14-3-2-10-32-14)25(22)9-8-24-21(22)30/h2-7,10,16-18H,8-9,11H2,1H3,(H,24,30)/t16-,17-,18+,22+/m1/s1. The summed E-state index contributed by atoms with van der Waals surface area (Å²) in [5, 5.41) is 2.75. The van der Waals surface area contributed by atoms with E-state index in [9.17, 15) is 23.6 Å². The lowest BCUT2D eigenvalue weighted by Gasteiger charge is -2.44. The maximum absolute atomic E-state index is 13.7. The van der Waals surface area contributed by atoms with Crippen molar-refractivity contribution < 1.29 is 32.7 Å². The van der Waals surface area contributed by atoms with Crippen molar-refractivity contribution in [2.24, 2.45) is 11.8 Å². The van der Waals surface area contributed by atoms with E-state index in [1.54, 1.807) is 17.0 Å². The smallest absolute Gasteiger partial charge is 0.307 e. The first-order valence-corrected chi connectivity index (χ1v) is 10.2. The summed E-state index contributed by atoms with van der Waals surface area (Å²) in [6.45, 7) is 0.612. The van der Waals surface area contributed by atoms with Crippen LogP contribution in [0.15, 0.2) is 47.1 Å². The van der Waals surface area contributed by atoms with Crippen LogP contribution in [0, 0.1) is 17.7 Å². The molecule has 0 saturated carbocycles. The maximum atomic E-state index is 13.7. The fourth-order valence-electron chi connectivity index (χ4n) is 5.40. The summed E-state index contributed by atoms with van der Waals surface area (Å²) in [5.74, 6) is -4.54. The number of carbonyl (C=O) groups is 4. The molecular formula is C22H20FN3O6. The number of fused-ring (bicyclic) bond motifs is 3. The zero-order valence-corrected chi connectivity index (χ0v) is 17.1. The number of rotatable bonds is 4. The molecule has 3 saturated heterocycles. The van der Waals surface area contributed by atoms with E-state index in [0.29, 0.717) is 18.8 Å². The Bertz CT molecular complexity index is 1100. The fourth-order valence-corrected chi connectivity index (χ4v) is 5.40. The third kappa shape index (κ3) is 2.65. The Labute approximate surface area is 182 Å². The van der Waals surface area contributed by atoms with E-state index in [4.69, 9.17) is 9.15 Å². The largest absolute Gasteiger partial charge is 0.469 e. The predicted octanol–water partition coefficient (Wildman–Crippen LogP) is 1.01. The van der Waals surface area contributed by atoms with Gasteiger partial charge in [0.25, 0.3) is 0 Å². The third-order valence-corrected chi connectivity index (χ3v) is 6.65. The van der Waals surface area contributed by atoms with Crippen molar-refractivity contribution in [3.8, 4) is 0 Å². The number of imide groups is 1. The highest BCUT2D eigenvalue weighted by Gasteiger charge is 2.73. The molecule has 1 aromatic carbocycles. The Kier molecular flexibility index (Phi) is 4.63. The molecule has 9 nitrogen and oxygen atoms in total. The minimum Gasteiger partial charge on any atom is -0.469 e. The second-order valence-corrected chi connectivity index (χ2v) is 8.08. The molecule has 5 rings (SSSR count). The van der Waals surface area contributed by atoms with Crippen LogP contribution < -0.4 is 10.2 Å².